The van der Waals surface area contributed by atoms with Crippen LogP contribution in [-0.2, 0) is 13.0 Å². The second kappa shape index (κ2) is 6.49. The minimum atomic E-state index is 0.670. The first-order chi connectivity index (χ1) is 10.2. The van der Waals surface area contributed by atoms with Crippen molar-refractivity contribution in [1.82, 2.24) is 20.0 Å². The van der Waals surface area contributed by atoms with Crippen molar-refractivity contribution in [3.8, 4) is 10.6 Å². The summed E-state index contributed by atoms with van der Waals surface area (Å²) in [6, 6.07) is 8.21. The molecular weight excluding hydrogens is 348 g/mol. The van der Waals surface area contributed by atoms with E-state index < -0.39 is 0 Å². The minimum absolute atomic E-state index is 0.670. The molecule has 0 radical (unpaired) electrons. The summed E-state index contributed by atoms with van der Waals surface area (Å²) in [5.74, 6) is 0. The summed E-state index contributed by atoms with van der Waals surface area (Å²) >= 11 is 5.10. The quantitative estimate of drug-likeness (QED) is 0.684. The lowest BCUT2D eigenvalue weighted by Gasteiger charge is -1.97. The number of aryl methyl sites for hydroxylation is 1. The number of hydrogen-bond acceptors (Lipinski definition) is 4. The maximum atomic E-state index is 4.68. The molecule has 0 amide bonds. The third kappa shape index (κ3) is 3.57. The van der Waals surface area contributed by atoms with Crippen molar-refractivity contribution in [1.29, 1.82) is 0 Å². The van der Waals surface area contributed by atoms with Crippen LogP contribution in [0.15, 0.2) is 40.3 Å². The molecule has 0 bridgehead atoms. The largest absolute Gasteiger partial charge is 0.246 e. The summed E-state index contributed by atoms with van der Waals surface area (Å²) in [5, 5.41) is 11.4. The van der Waals surface area contributed by atoms with Crippen molar-refractivity contribution in [3.05, 3.63) is 51.7 Å². The number of benzene rings is 1. The van der Waals surface area contributed by atoms with Gasteiger partial charge in [0.15, 0.2) is 0 Å². The molecule has 0 aliphatic rings. The Kier molecular flexibility index (Phi) is 4.45. The van der Waals surface area contributed by atoms with Crippen molar-refractivity contribution < 1.29 is 0 Å². The van der Waals surface area contributed by atoms with E-state index >= 15 is 0 Å². The van der Waals surface area contributed by atoms with Gasteiger partial charge in [-0.05, 0) is 18.6 Å². The van der Waals surface area contributed by atoms with Crippen LogP contribution in [0.4, 0.5) is 0 Å². The van der Waals surface area contributed by atoms with Gasteiger partial charge in [-0.15, -0.1) is 16.4 Å². The summed E-state index contributed by atoms with van der Waals surface area (Å²) in [5.41, 5.74) is 3.20. The first-order valence-electron chi connectivity index (χ1n) is 6.84. The van der Waals surface area contributed by atoms with Crippen LogP contribution in [0.25, 0.3) is 10.6 Å². The van der Waals surface area contributed by atoms with E-state index in [0.29, 0.717) is 6.54 Å². The van der Waals surface area contributed by atoms with Gasteiger partial charge in [-0.25, -0.2) is 9.67 Å². The van der Waals surface area contributed by atoms with E-state index in [1.165, 1.54) is 0 Å². The zero-order chi connectivity index (χ0) is 14.7. The Bertz CT molecular complexity index is 717. The lowest BCUT2D eigenvalue weighted by atomic mass is 10.2. The van der Waals surface area contributed by atoms with E-state index in [1.54, 1.807) is 11.3 Å². The molecule has 0 saturated heterocycles. The fraction of sp³-hybridized carbons (Fsp3) is 0.267. The Morgan fingerprint density at radius 3 is 2.76 bits per heavy atom. The van der Waals surface area contributed by atoms with Crippen molar-refractivity contribution >= 4 is 27.3 Å². The Balaban J connectivity index is 1.73. The number of hydrogen-bond donors (Lipinski definition) is 0. The van der Waals surface area contributed by atoms with E-state index in [9.17, 15) is 0 Å². The van der Waals surface area contributed by atoms with Crippen LogP contribution in [0.1, 0.15) is 24.7 Å². The lowest BCUT2D eigenvalue weighted by Crippen LogP contribution is -2.00. The van der Waals surface area contributed by atoms with Crippen molar-refractivity contribution in [2.24, 2.45) is 0 Å². The monoisotopic (exact) mass is 362 g/mol. The molecule has 0 atom stereocenters. The van der Waals surface area contributed by atoms with Gasteiger partial charge in [0.05, 0.1) is 17.9 Å². The number of rotatable bonds is 5. The number of aromatic nitrogens is 4. The van der Waals surface area contributed by atoms with E-state index in [4.69, 9.17) is 0 Å². The molecule has 0 fully saturated rings. The highest BCUT2D eigenvalue weighted by atomic mass is 79.9. The van der Waals surface area contributed by atoms with Crippen molar-refractivity contribution in [3.63, 3.8) is 0 Å². The molecule has 4 nitrogen and oxygen atoms in total. The van der Waals surface area contributed by atoms with Crippen LogP contribution in [0, 0.1) is 0 Å². The summed E-state index contributed by atoms with van der Waals surface area (Å²) in [4.78, 5) is 4.68. The van der Waals surface area contributed by atoms with Gasteiger partial charge in [-0.2, -0.15) is 0 Å². The molecule has 0 unspecified atom stereocenters. The van der Waals surface area contributed by atoms with Crippen LogP contribution >= 0.6 is 27.3 Å². The smallest absolute Gasteiger partial charge is 0.123 e. The highest BCUT2D eigenvalue weighted by Gasteiger charge is 2.07. The van der Waals surface area contributed by atoms with E-state index in [1.807, 2.05) is 23.0 Å². The zero-order valence-corrected chi connectivity index (χ0v) is 14.1. The second-order valence-corrected chi connectivity index (χ2v) is 6.58. The molecule has 3 aromatic rings. The molecule has 0 spiro atoms. The van der Waals surface area contributed by atoms with Crippen LogP contribution < -0.4 is 0 Å². The fourth-order valence-electron chi connectivity index (χ4n) is 2.06. The van der Waals surface area contributed by atoms with E-state index in [2.05, 4.69) is 55.7 Å². The Morgan fingerprint density at radius 2 is 2.00 bits per heavy atom. The van der Waals surface area contributed by atoms with Crippen LogP contribution in [0.2, 0.25) is 0 Å². The van der Waals surface area contributed by atoms with E-state index in [-0.39, 0.29) is 0 Å². The van der Waals surface area contributed by atoms with Gasteiger partial charge in [-0.3, -0.25) is 0 Å². The molecule has 0 N–H and O–H groups in total. The fourth-order valence-corrected chi connectivity index (χ4v) is 3.14. The van der Waals surface area contributed by atoms with Crippen LogP contribution in [-0.4, -0.2) is 20.0 Å². The topological polar surface area (TPSA) is 43.6 Å². The van der Waals surface area contributed by atoms with Gasteiger partial charge in [0.25, 0.3) is 0 Å². The number of nitrogens with zero attached hydrogens (tertiary/aromatic N) is 4. The SMILES string of the molecule is CCCc1cn(Cc2csc(-c3ccc(Br)cc3)n2)nn1. The first kappa shape index (κ1) is 14.4. The molecular formula is C15H15BrN4S. The van der Waals surface area contributed by atoms with Gasteiger partial charge >= 0.3 is 0 Å². The first-order valence-corrected chi connectivity index (χ1v) is 8.51. The normalized spacial score (nSPS) is 11.0. The molecule has 0 aliphatic carbocycles. The third-order valence-corrected chi connectivity index (χ3v) is 4.53. The second-order valence-electron chi connectivity index (χ2n) is 4.81. The Hall–Kier alpha value is -1.53. The standard InChI is InChI=1S/C15H15BrN4S/c1-2-3-13-8-20(19-18-13)9-14-10-21-15(17-14)11-4-6-12(16)7-5-11/h4-8,10H,2-3,9H2,1H3. The van der Waals surface area contributed by atoms with Gasteiger partial charge in [0.2, 0.25) is 0 Å². The van der Waals surface area contributed by atoms with Crippen LogP contribution in [0.5, 0.6) is 0 Å². The minimum Gasteiger partial charge on any atom is -0.246 e. The Labute approximate surface area is 136 Å². The number of thiazole rings is 1. The Morgan fingerprint density at radius 1 is 1.19 bits per heavy atom. The van der Waals surface area contributed by atoms with Crippen LogP contribution in [0.3, 0.4) is 0 Å². The molecule has 108 valence electrons. The highest BCUT2D eigenvalue weighted by molar-refractivity contribution is 9.10. The average molecular weight is 363 g/mol. The molecule has 3 rings (SSSR count). The molecule has 0 saturated carbocycles. The molecule has 0 aliphatic heterocycles. The highest BCUT2D eigenvalue weighted by Crippen LogP contribution is 2.25. The molecule has 21 heavy (non-hydrogen) atoms. The van der Waals surface area contributed by atoms with Gasteiger partial charge in [0.1, 0.15) is 5.01 Å². The van der Waals surface area contributed by atoms with E-state index in [0.717, 1.165) is 39.3 Å². The summed E-state index contributed by atoms with van der Waals surface area (Å²) in [7, 11) is 0. The zero-order valence-electron chi connectivity index (χ0n) is 11.7. The predicted octanol–water partition coefficient (Wildman–Crippen LogP) is 4.16. The summed E-state index contributed by atoms with van der Waals surface area (Å²) in [6.45, 7) is 2.81. The summed E-state index contributed by atoms with van der Waals surface area (Å²) < 4.78 is 2.93. The van der Waals surface area contributed by atoms with Crippen molar-refractivity contribution in [2.45, 2.75) is 26.3 Å². The van der Waals surface area contributed by atoms with Gasteiger partial charge in [-0.1, -0.05) is 46.6 Å². The van der Waals surface area contributed by atoms with Crippen molar-refractivity contribution in [2.75, 3.05) is 0 Å². The third-order valence-electron chi connectivity index (χ3n) is 3.06. The maximum Gasteiger partial charge on any atom is 0.123 e. The summed E-state index contributed by atoms with van der Waals surface area (Å²) in [6.07, 6.45) is 4.06. The number of halogens is 1. The average Bonchev–Trinajstić information content (AvgIpc) is 3.11. The van der Waals surface area contributed by atoms with Gasteiger partial charge < -0.3 is 0 Å². The lowest BCUT2D eigenvalue weighted by molar-refractivity contribution is 0.641. The van der Waals surface area contributed by atoms with Gasteiger partial charge in [0, 0.05) is 21.6 Å². The molecule has 6 heteroatoms. The molecule has 1 aromatic carbocycles. The molecule has 2 aromatic heterocycles. The predicted molar refractivity (Wildman–Crippen MR) is 88.4 cm³/mol. The maximum absolute atomic E-state index is 4.68. The molecule has 2 heterocycles.